The Hall–Kier alpha value is -2.14. The zero-order valence-corrected chi connectivity index (χ0v) is 19.7. The van der Waals surface area contributed by atoms with Crippen molar-refractivity contribution in [2.75, 3.05) is 19.8 Å². The van der Waals surface area contributed by atoms with Crippen LogP contribution in [0.3, 0.4) is 0 Å². The quantitative estimate of drug-likeness (QED) is 0.490. The van der Waals surface area contributed by atoms with Gasteiger partial charge in [-0.25, -0.2) is 14.6 Å². The summed E-state index contributed by atoms with van der Waals surface area (Å²) in [6.45, 7) is 3.82. The first-order chi connectivity index (χ1) is 15.5. The molecule has 4 rings (SSSR count). The Bertz CT molecular complexity index is 911. The summed E-state index contributed by atoms with van der Waals surface area (Å²) in [5, 5.41) is 10.5. The van der Waals surface area contributed by atoms with Gasteiger partial charge in [0.2, 0.25) is 0 Å². The fourth-order valence-corrected chi connectivity index (χ4v) is 5.45. The maximum atomic E-state index is 11.2. The van der Waals surface area contributed by atoms with Crippen LogP contribution in [0.1, 0.15) is 60.3 Å². The standard InChI is InChI=1S/C18H22N2O2S2.C4H7NO3/c1-2-20-24-15-10-13(18(21)22)8-9-14(15)16-11-19-17(23-16)12-6-4-3-5-7-12;5-4(6)8-3-1-7-2-3/h8-12,20H,2-7H2,1H3,(H,21,22);3H,1-2H2,(H2,5,6). The predicted octanol–water partition coefficient (Wildman–Crippen LogP) is 4.65. The van der Waals surface area contributed by atoms with Crippen molar-refractivity contribution in [3.63, 3.8) is 0 Å². The van der Waals surface area contributed by atoms with Crippen molar-refractivity contribution >= 4 is 35.3 Å². The Morgan fingerprint density at radius 2 is 2.06 bits per heavy atom. The number of aromatic nitrogens is 1. The number of carboxylic acid groups (broad SMARTS) is 1. The number of nitrogens with one attached hydrogen (secondary N) is 1. The van der Waals surface area contributed by atoms with E-state index >= 15 is 0 Å². The summed E-state index contributed by atoms with van der Waals surface area (Å²) in [6.07, 6.45) is 7.55. The van der Waals surface area contributed by atoms with Gasteiger partial charge >= 0.3 is 12.1 Å². The molecule has 1 saturated carbocycles. The van der Waals surface area contributed by atoms with Gasteiger partial charge < -0.3 is 20.3 Å². The third-order valence-electron chi connectivity index (χ3n) is 5.19. The molecule has 1 saturated heterocycles. The second kappa shape index (κ2) is 12.2. The number of nitrogens with zero attached hydrogens (tertiary/aromatic N) is 1. The Labute approximate surface area is 196 Å². The lowest BCUT2D eigenvalue weighted by molar-refractivity contribution is -0.0961. The summed E-state index contributed by atoms with van der Waals surface area (Å²) < 4.78 is 12.4. The molecule has 1 aromatic heterocycles. The molecule has 0 atom stereocenters. The van der Waals surface area contributed by atoms with E-state index in [1.807, 2.05) is 19.2 Å². The maximum absolute atomic E-state index is 11.2. The largest absolute Gasteiger partial charge is 0.478 e. The Morgan fingerprint density at radius 1 is 1.31 bits per heavy atom. The van der Waals surface area contributed by atoms with Gasteiger partial charge in [0.25, 0.3) is 0 Å². The monoisotopic (exact) mass is 479 g/mol. The van der Waals surface area contributed by atoms with Crippen molar-refractivity contribution in [2.45, 2.75) is 55.9 Å². The van der Waals surface area contributed by atoms with E-state index in [9.17, 15) is 14.7 Å². The lowest BCUT2D eigenvalue weighted by Crippen LogP contribution is -2.39. The van der Waals surface area contributed by atoms with E-state index in [0.717, 1.165) is 21.9 Å². The number of carbonyl (C=O) groups is 2. The van der Waals surface area contributed by atoms with Crippen LogP contribution in [0.2, 0.25) is 0 Å². The number of primary amides is 1. The predicted molar refractivity (Wildman–Crippen MR) is 125 cm³/mol. The lowest BCUT2D eigenvalue weighted by Gasteiger charge is -2.24. The molecule has 32 heavy (non-hydrogen) atoms. The van der Waals surface area contributed by atoms with E-state index in [-0.39, 0.29) is 6.10 Å². The molecule has 2 heterocycles. The minimum atomic E-state index is -0.896. The minimum Gasteiger partial charge on any atom is -0.478 e. The molecule has 0 bridgehead atoms. The minimum absolute atomic E-state index is 0.0903. The van der Waals surface area contributed by atoms with Crippen molar-refractivity contribution < 1.29 is 24.2 Å². The number of thiazole rings is 1. The van der Waals surface area contributed by atoms with E-state index in [0.29, 0.717) is 24.7 Å². The van der Waals surface area contributed by atoms with Crippen molar-refractivity contribution in [1.82, 2.24) is 9.71 Å². The fraction of sp³-hybridized carbons (Fsp3) is 0.500. The average molecular weight is 480 g/mol. The van der Waals surface area contributed by atoms with E-state index in [4.69, 9.17) is 4.74 Å². The number of ether oxygens (including phenoxy) is 2. The van der Waals surface area contributed by atoms with Gasteiger partial charge in [0.1, 0.15) is 0 Å². The van der Waals surface area contributed by atoms with Crippen LogP contribution < -0.4 is 10.5 Å². The summed E-state index contributed by atoms with van der Waals surface area (Å²) in [5.74, 6) is -0.298. The first-order valence-corrected chi connectivity index (χ1v) is 12.4. The fourth-order valence-electron chi connectivity index (χ4n) is 3.49. The number of carbonyl (C=O) groups excluding carboxylic acids is 1. The van der Waals surface area contributed by atoms with Crippen LogP contribution in [0.25, 0.3) is 10.4 Å². The van der Waals surface area contributed by atoms with Crippen molar-refractivity contribution in [1.29, 1.82) is 0 Å². The highest BCUT2D eigenvalue weighted by Gasteiger charge is 2.21. The van der Waals surface area contributed by atoms with Crippen LogP contribution in [0.5, 0.6) is 0 Å². The number of amides is 1. The van der Waals surface area contributed by atoms with E-state index in [2.05, 4.69) is 20.2 Å². The maximum Gasteiger partial charge on any atom is 0.404 e. The van der Waals surface area contributed by atoms with Gasteiger partial charge in [-0.05, 0) is 36.9 Å². The van der Waals surface area contributed by atoms with Crippen LogP contribution in [-0.4, -0.2) is 48.0 Å². The normalized spacial score (nSPS) is 16.5. The van der Waals surface area contributed by atoms with Crippen molar-refractivity contribution in [3.8, 4) is 10.4 Å². The van der Waals surface area contributed by atoms with Gasteiger partial charge in [0, 0.05) is 29.1 Å². The summed E-state index contributed by atoms with van der Waals surface area (Å²) in [4.78, 5) is 27.9. The Kier molecular flexibility index (Phi) is 9.34. The molecule has 0 unspecified atom stereocenters. The molecule has 1 aromatic carbocycles. The van der Waals surface area contributed by atoms with Gasteiger partial charge in [0.15, 0.2) is 6.10 Å². The molecule has 4 N–H and O–H groups in total. The molecule has 1 aliphatic carbocycles. The van der Waals surface area contributed by atoms with Crippen LogP contribution in [0, 0.1) is 0 Å². The molecule has 1 amide bonds. The molecule has 2 fully saturated rings. The molecule has 1 aliphatic heterocycles. The number of carboxylic acids is 1. The molecule has 8 nitrogen and oxygen atoms in total. The highest BCUT2D eigenvalue weighted by atomic mass is 32.2. The summed E-state index contributed by atoms with van der Waals surface area (Å²) >= 11 is 3.24. The van der Waals surface area contributed by atoms with Crippen LogP contribution in [0.4, 0.5) is 4.79 Å². The molecule has 10 heteroatoms. The molecule has 0 radical (unpaired) electrons. The van der Waals surface area contributed by atoms with E-state index < -0.39 is 12.1 Å². The first kappa shape index (κ1) is 24.5. The molecule has 174 valence electrons. The van der Waals surface area contributed by atoms with Gasteiger partial charge in [-0.1, -0.05) is 32.3 Å². The zero-order valence-electron chi connectivity index (χ0n) is 18.0. The third kappa shape index (κ3) is 6.93. The lowest BCUT2D eigenvalue weighted by atomic mass is 9.90. The molecule has 2 aromatic rings. The average Bonchev–Trinajstić information content (AvgIpc) is 3.26. The summed E-state index contributed by atoms with van der Waals surface area (Å²) in [6, 6.07) is 5.32. The highest BCUT2D eigenvalue weighted by molar-refractivity contribution is 7.97. The second-order valence-electron chi connectivity index (χ2n) is 7.61. The summed E-state index contributed by atoms with van der Waals surface area (Å²) in [5.41, 5.74) is 6.06. The Balaban J connectivity index is 0.000000305. The zero-order chi connectivity index (χ0) is 22.9. The molecular formula is C22H29N3O5S2. The number of hydrogen-bond acceptors (Lipinski definition) is 8. The van der Waals surface area contributed by atoms with Crippen LogP contribution in [0.15, 0.2) is 29.3 Å². The van der Waals surface area contributed by atoms with Gasteiger partial charge in [-0.3, -0.25) is 4.72 Å². The van der Waals surface area contributed by atoms with Gasteiger partial charge in [-0.15, -0.1) is 11.3 Å². The van der Waals surface area contributed by atoms with Crippen LogP contribution in [-0.2, 0) is 9.47 Å². The first-order valence-electron chi connectivity index (χ1n) is 10.7. The molecular weight excluding hydrogens is 450 g/mol. The van der Waals surface area contributed by atoms with E-state index in [1.165, 1.54) is 49.1 Å². The van der Waals surface area contributed by atoms with Crippen molar-refractivity contribution in [2.24, 2.45) is 5.73 Å². The highest BCUT2D eigenvalue weighted by Crippen LogP contribution is 2.40. The number of nitrogens with two attached hydrogens (primary N) is 1. The van der Waals surface area contributed by atoms with Crippen molar-refractivity contribution in [3.05, 3.63) is 35.0 Å². The number of aromatic carboxylic acids is 1. The number of benzene rings is 1. The second-order valence-corrected chi connectivity index (χ2v) is 9.60. The van der Waals surface area contributed by atoms with E-state index in [1.54, 1.807) is 23.5 Å². The third-order valence-corrected chi connectivity index (χ3v) is 7.37. The van der Waals surface area contributed by atoms with Crippen LogP contribution >= 0.6 is 23.3 Å². The number of hydrogen-bond donors (Lipinski definition) is 3. The summed E-state index contributed by atoms with van der Waals surface area (Å²) in [7, 11) is 0. The topological polar surface area (TPSA) is 124 Å². The molecule has 0 spiro atoms. The smallest absolute Gasteiger partial charge is 0.404 e. The SMILES string of the molecule is CCNSc1cc(C(=O)O)ccc1-c1cnc(C2CCCCC2)s1.NC(=O)OC1COC1. The Morgan fingerprint density at radius 3 is 2.62 bits per heavy atom. The number of rotatable bonds is 7. The van der Waals surface area contributed by atoms with Gasteiger partial charge in [-0.2, -0.15) is 0 Å². The molecule has 2 aliphatic rings. The van der Waals surface area contributed by atoms with Gasteiger partial charge in [0.05, 0.1) is 28.7 Å².